The molecule has 4 atom stereocenters. The van der Waals surface area contributed by atoms with E-state index in [-0.39, 0.29) is 0 Å². The lowest BCUT2D eigenvalue weighted by atomic mass is 9.44. The molecule has 7 heteroatoms. The lowest BCUT2D eigenvalue weighted by molar-refractivity contribution is -0.141. The molecule has 1 aromatic rings. The predicted molar refractivity (Wildman–Crippen MR) is 94.1 cm³/mol. The van der Waals surface area contributed by atoms with E-state index in [9.17, 15) is 20.1 Å². The number of hydrogen-bond donors (Lipinski definition) is 0. The molecule has 0 N–H and O–H groups in total. The molecule has 126 valence electrons. The number of Topliss-reactive ketones (excluding diaryl/α,β-unsaturated/α-hetero) is 2. The standard InChI is InChI=1S/C18H13Cl2N3O2/c1-23(2)11-5-3-10(4-6-11)12-7-17(8-21)15(24)13(19)14(20)16(25)18(12,17)9-22/h3-7,13-14H,1-2H3/t13?,14?,17-,18-/m1/s1. The first kappa shape index (κ1) is 17.5. The average Bonchev–Trinajstić information content (AvgIpc) is 2.60. The summed E-state index contributed by atoms with van der Waals surface area (Å²) in [6.07, 6.45) is 1.37. The van der Waals surface area contributed by atoms with Crippen LogP contribution in [-0.2, 0) is 9.59 Å². The van der Waals surface area contributed by atoms with Crippen molar-refractivity contribution in [1.29, 1.82) is 10.5 Å². The molecule has 1 fully saturated rings. The summed E-state index contributed by atoms with van der Waals surface area (Å²) in [6, 6.07) is 10.9. The van der Waals surface area contributed by atoms with Gasteiger partial charge in [-0.1, -0.05) is 12.1 Å². The number of nitriles is 2. The van der Waals surface area contributed by atoms with E-state index in [1.807, 2.05) is 43.3 Å². The first-order valence-electron chi connectivity index (χ1n) is 7.47. The summed E-state index contributed by atoms with van der Waals surface area (Å²) < 4.78 is 0. The Morgan fingerprint density at radius 2 is 1.56 bits per heavy atom. The summed E-state index contributed by atoms with van der Waals surface area (Å²) in [5.74, 6) is -1.40. The molecule has 25 heavy (non-hydrogen) atoms. The molecule has 0 aromatic heterocycles. The van der Waals surface area contributed by atoms with Gasteiger partial charge >= 0.3 is 0 Å². The number of halogens is 2. The third kappa shape index (κ3) is 1.94. The molecule has 0 amide bonds. The lowest BCUT2D eigenvalue weighted by Gasteiger charge is -2.52. The van der Waals surface area contributed by atoms with Gasteiger partial charge in [0.15, 0.2) is 22.4 Å². The van der Waals surface area contributed by atoms with Gasteiger partial charge in [-0.3, -0.25) is 9.59 Å². The Bertz CT molecular complexity index is 894. The van der Waals surface area contributed by atoms with Crippen LogP contribution in [0.25, 0.3) is 5.57 Å². The maximum atomic E-state index is 12.8. The minimum Gasteiger partial charge on any atom is -0.378 e. The van der Waals surface area contributed by atoms with E-state index in [2.05, 4.69) is 0 Å². The van der Waals surface area contributed by atoms with E-state index < -0.39 is 33.2 Å². The highest BCUT2D eigenvalue weighted by Crippen LogP contribution is 2.64. The van der Waals surface area contributed by atoms with E-state index in [0.29, 0.717) is 11.1 Å². The third-order valence-electron chi connectivity index (χ3n) is 4.91. The van der Waals surface area contributed by atoms with Gasteiger partial charge in [-0.05, 0) is 29.3 Å². The zero-order valence-electron chi connectivity index (χ0n) is 13.5. The van der Waals surface area contributed by atoms with Crippen LogP contribution >= 0.6 is 23.2 Å². The zero-order chi connectivity index (χ0) is 18.6. The first-order chi connectivity index (χ1) is 11.8. The second kappa shape index (κ2) is 5.59. The number of rotatable bonds is 2. The van der Waals surface area contributed by atoms with Crippen LogP contribution in [-0.4, -0.2) is 36.4 Å². The van der Waals surface area contributed by atoms with Crippen molar-refractivity contribution >= 4 is 46.0 Å². The summed E-state index contributed by atoms with van der Waals surface area (Å²) in [5, 5.41) is 16.7. The normalized spacial score (nSPS) is 33.4. The van der Waals surface area contributed by atoms with Crippen molar-refractivity contribution in [3.63, 3.8) is 0 Å². The van der Waals surface area contributed by atoms with Gasteiger partial charge in [0.25, 0.3) is 0 Å². The highest BCUT2D eigenvalue weighted by atomic mass is 35.5. The Hall–Kier alpha value is -2.34. The highest BCUT2D eigenvalue weighted by molar-refractivity contribution is 6.48. The van der Waals surface area contributed by atoms with Gasteiger partial charge in [-0.2, -0.15) is 10.5 Å². The molecule has 0 aliphatic heterocycles. The van der Waals surface area contributed by atoms with Gasteiger partial charge in [0.1, 0.15) is 10.8 Å². The number of fused-ring (bicyclic) bond motifs is 1. The van der Waals surface area contributed by atoms with Crippen LogP contribution in [0, 0.1) is 33.5 Å². The predicted octanol–water partition coefficient (Wildman–Crippen LogP) is 2.54. The van der Waals surface area contributed by atoms with Crippen LogP contribution in [0.15, 0.2) is 30.3 Å². The first-order valence-corrected chi connectivity index (χ1v) is 8.34. The molecule has 0 bridgehead atoms. The molecule has 0 saturated heterocycles. The maximum absolute atomic E-state index is 12.8. The van der Waals surface area contributed by atoms with E-state index in [4.69, 9.17) is 23.2 Å². The Balaban J connectivity index is 2.20. The second-order valence-corrected chi connectivity index (χ2v) is 7.25. The van der Waals surface area contributed by atoms with E-state index >= 15 is 0 Å². The van der Waals surface area contributed by atoms with Crippen molar-refractivity contribution in [3.05, 3.63) is 35.9 Å². The van der Waals surface area contributed by atoms with Crippen LogP contribution in [0.4, 0.5) is 5.69 Å². The average molecular weight is 374 g/mol. The van der Waals surface area contributed by atoms with Crippen LogP contribution in [0.5, 0.6) is 0 Å². The summed E-state index contributed by atoms with van der Waals surface area (Å²) in [6.45, 7) is 0. The van der Waals surface area contributed by atoms with Crippen molar-refractivity contribution in [2.45, 2.75) is 10.8 Å². The summed E-state index contributed by atoms with van der Waals surface area (Å²) >= 11 is 12.0. The number of carbonyl (C=O) groups is 2. The topological polar surface area (TPSA) is 85.0 Å². The van der Waals surface area contributed by atoms with Gasteiger partial charge in [0.2, 0.25) is 0 Å². The molecular weight excluding hydrogens is 361 g/mol. The fourth-order valence-electron chi connectivity index (χ4n) is 3.45. The fourth-order valence-corrected chi connectivity index (χ4v) is 4.02. The van der Waals surface area contributed by atoms with E-state index in [1.165, 1.54) is 6.08 Å². The molecule has 1 saturated carbocycles. The largest absolute Gasteiger partial charge is 0.378 e. The van der Waals surface area contributed by atoms with Crippen molar-refractivity contribution in [2.24, 2.45) is 10.8 Å². The smallest absolute Gasteiger partial charge is 0.179 e. The number of hydrogen-bond acceptors (Lipinski definition) is 5. The number of ketones is 2. The van der Waals surface area contributed by atoms with Gasteiger partial charge in [0.05, 0.1) is 12.1 Å². The maximum Gasteiger partial charge on any atom is 0.179 e. The van der Waals surface area contributed by atoms with Crippen LogP contribution in [0.2, 0.25) is 0 Å². The molecule has 5 nitrogen and oxygen atoms in total. The number of anilines is 1. The van der Waals surface area contributed by atoms with Gasteiger partial charge in [-0.25, -0.2) is 0 Å². The number of allylic oxidation sites excluding steroid dienone is 2. The zero-order valence-corrected chi connectivity index (χ0v) is 15.0. The van der Waals surface area contributed by atoms with E-state index in [0.717, 1.165) is 5.69 Å². The minimum atomic E-state index is -1.92. The number of nitrogens with zero attached hydrogens (tertiary/aromatic N) is 3. The van der Waals surface area contributed by atoms with Crippen molar-refractivity contribution in [2.75, 3.05) is 19.0 Å². The van der Waals surface area contributed by atoms with Gasteiger partial charge in [-0.15, -0.1) is 23.2 Å². The Morgan fingerprint density at radius 1 is 1.00 bits per heavy atom. The van der Waals surface area contributed by atoms with Crippen molar-refractivity contribution in [1.82, 2.24) is 0 Å². The summed E-state index contributed by atoms with van der Waals surface area (Å²) in [4.78, 5) is 27.3. The number of benzene rings is 1. The Morgan fingerprint density at radius 3 is 2.04 bits per heavy atom. The molecule has 3 rings (SSSR count). The molecular formula is C18H13Cl2N3O2. The van der Waals surface area contributed by atoms with Crippen molar-refractivity contribution < 1.29 is 9.59 Å². The Labute approximate surface area is 155 Å². The molecule has 0 heterocycles. The monoisotopic (exact) mass is 373 g/mol. The minimum absolute atomic E-state index is 0.328. The van der Waals surface area contributed by atoms with Crippen LogP contribution in [0.1, 0.15) is 5.56 Å². The van der Waals surface area contributed by atoms with Crippen LogP contribution < -0.4 is 4.90 Å². The van der Waals surface area contributed by atoms with E-state index in [1.54, 1.807) is 12.1 Å². The molecule has 1 aromatic carbocycles. The summed E-state index contributed by atoms with van der Waals surface area (Å²) in [7, 11) is 3.77. The lowest BCUT2D eigenvalue weighted by Crippen LogP contribution is -2.66. The quantitative estimate of drug-likeness (QED) is 0.743. The summed E-state index contributed by atoms with van der Waals surface area (Å²) in [5.41, 5.74) is -1.95. The van der Waals surface area contributed by atoms with Crippen LogP contribution in [0.3, 0.4) is 0 Å². The molecule has 2 aliphatic carbocycles. The van der Waals surface area contributed by atoms with Crippen molar-refractivity contribution in [3.8, 4) is 12.1 Å². The van der Waals surface area contributed by atoms with Gasteiger partial charge in [0, 0.05) is 19.8 Å². The Kier molecular flexibility index (Phi) is 3.91. The fraction of sp³-hybridized carbons (Fsp3) is 0.333. The second-order valence-electron chi connectivity index (χ2n) is 6.31. The number of alkyl halides is 2. The molecule has 2 aliphatic rings. The molecule has 0 radical (unpaired) electrons. The SMILES string of the molecule is CN(C)c1ccc(C2=C[C@@]3(C#N)C(=O)C(Cl)C(Cl)C(=O)[C@@]23C#N)cc1. The highest BCUT2D eigenvalue weighted by Gasteiger charge is 2.75. The number of carbonyl (C=O) groups excluding carboxylic acids is 2. The third-order valence-corrected chi connectivity index (χ3v) is 5.94. The molecule has 0 spiro atoms. The van der Waals surface area contributed by atoms with Gasteiger partial charge < -0.3 is 4.90 Å². The molecule has 2 unspecified atom stereocenters.